The molecule has 1 N–H and O–H groups in total. The number of rotatable bonds is 6. The van der Waals surface area contributed by atoms with Gasteiger partial charge in [-0.3, -0.25) is 4.79 Å². The van der Waals surface area contributed by atoms with Crippen molar-refractivity contribution in [1.82, 2.24) is 9.88 Å². The summed E-state index contributed by atoms with van der Waals surface area (Å²) >= 11 is 6.04. The van der Waals surface area contributed by atoms with Crippen LogP contribution in [-0.2, 0) is 4.74 Å². The normalized spacial score (nSPS) is 12.1. The molecule has 1 atom stereocenters. The van der Waals surface area contributed by atoms with Crippen molar-refractivity contribution in [1.29, 1.82) is 0 Å². The van der Waals surface area contributed by atoms with Gasteiger partial charge in [-0.25, -0.2) is 4.98 Å². The molecule has 5 nitrogen and oxygen atoms in total. The van der Waals surface area contributed by atoms with Crippen molar-refractivity contribution in [3.8, 4) is 0 Å². The lowest BCUT2D eigenvalue weighted by atomic mass is 10.2. The van der Waals surface area contributed by atoms with Crippen LogP contribution >= 0.6 is 11.6 Å². The smallest absolute Gasteiger partial charge is 0.255 e. The summed E-state index contributed by atoms with van der Waals surface area (Å²) in [6, 6.07) is 1.63. The highest BCUT2D eigenvalue weighted by Gasteiger charge is 2.20. The predicted molar refractivity (Wildman–Crippen MR) is 76.8 cm³/mol. The highest BCUT2D eigenvalue weighted by atomic mass is 35.5. The van der Waals surface area contributed by atoms with Crippen molar-refractivity contribution >= 4 is 23.3 Å². The number of ether oxygens (including phenoxy) is 1. The van der Waals surface area contributed by atoms with E-state index in [9.17, 15) is 4.79 Å². The van der Waals surface area contributed by atoms with E-state index in [2.05, 4.69) is 10.3 Å². The van der Waals surface area contributed by atoms with Crippen LogP contribution in [0.2, 0.25) is 5.02 Å². The van der Waals surface area contributed by atoms with Crippen LogP contribution in [0.4, 0.5) is 5.82 Å². The van der Waals surface area contributed by atoms with E-state index in [0.29, 0.717) is 29.6 Å². The molecule has 1 unspecified atom stereocenters. The number of nitrogens with one attached hydrogen (secondary N) is 1. The number of nitrogens with zero attached hydrogens (tertiary/aromatic N) is 2. The Hall–Kier alpha value is -1.33. The van der Waals surface area contributed by atoms with Crippen molar-refractivity contribution in [2.45, 2.75) is 19.9 Å². The lowest BCUT2D eigenvalue weighted by Gasteiger charge is -2.27. The average molecular weight is 286 g/mol. The molecule has 1 aromatic heterocycles. The molecule has 0 spiro atoms. The molecular weight excluding hydrogens is 266 g/mol. The summed E-state index contributed by atoms with van der Waals surface area (Å²) in [5.74, 6) is 0.468. The Morgan fingerprint density at radius 1 is 1.63 bits per heavy atom. The molecule has 0 saturated carbocycles. The lowest BCUT2D eigenvalue weighted by molar-refractivity contribution is 0.0579. The van der Waals surface area contributed by atoms with Gasteiger partial charge in [0.2, 0.25) is 0 Å². The van der Waals surface area contributed by atoms with Gasteiger partial charge in [0, 0.05) is 26.9 Å². The van der Waals surface area contributed by atoms with Gasteiger partial charge in [0.15, 0.2) is 0 Å². The maximum Gasteiger partial charge on any atom is 0.255 e. The van der Waals surface area contributed by atoms with Crippen LogP contribution in [0.3, 0.4) is 0 Å². The fourth-order valence-corrected chi connectivity index (χ4v) is 2.15. The Morgan fingerprint density at radius 2 is 2.32 bits per heavy atom. The monoisotopic (exact) mass is 285 g/mol. The van der Waals surface area contributed by atoms with Crippen LogP contribution in [0.15, 0.2) is 12.3 Å². The minimum absolute atomic E-state index is 0.00486. The minimum Gasteiger partial charge on any atom is -0.383 e. The molecule has 1 amide bonds. The van der Waals surface area contributed by atoms with Crippen LogP contribution in [-0.4, -0.2) is 49.1 Å². The fraction of sp³-hybridized carbons (Fsp3) is 0.538. The molecule has 106 valence electrons. The number of pyridine rings is 1. The summed E-state index contributed by atoms with van der Waals surface area (Å²) < 4.78 is 5.09. The highest BCUT2D eigenvalue weighted by molar-refractivity contribution is 6.33. The number of carbonyl (C=O) groups excluding carboxylic acids is 1. The summed E-state index contributed by atoms with van der Waals surface area (Å²) in [7, 11) is 3.35. The zero-order valence-corrected chi connectivity index (χ0v) is 12.5. The van der Waals surface area contributed by atoms with Crippen LogP contribution < -0.4 is 5.32 Å². The fourth-order valence-electron chi connectivity index (χ4n) is 1.89. The Bertz CT molecular complexity index is 440. The SMILES string of the molecule is CCN(C(=O)c1cnc(NC)c(Cl)c1)C(C)COC. The topological polar surface area (TPSA) is 54.5 Å². The zero-order valence-electron chi connectivity index (χ0n) is 11.7. The standard InChI is InChI=1S/C13H20ClN3O2/c1-5-17(9(2)8-19-4)13(18)10-6-11(14)12(15-3)16-7-10/h6-7,9H,5,8H2,1-4H3,(H,15,16). The lowest BCUT2D eigenvalue weighted by Crippen LogP contribution is -2.41. The number of anilines is 1. The molecule has 0 fully saturated rings. The minimum atomic E-state index is -0.0934. The second-order valence-corrected chi connectivity index (χ2v) is 4.61. The molecule has 1 rings (SSSR count). The predicted octanol–water partition coefficient (Wildman–Crippen LogP) is 2.27. The van der Waals surface area contributed by atoms with Gasteiger partial charge in [0.05, 0.1) is 23.2 Å². The zero-order chi connectivity index (χ0) is 14.4. The molecule has 1 heterocycles. The number of aromatic nitrogens is 1. The molecular formula is C13H20ClN3O2. The molecule has 0 bridgehead atoms. The van der Waals surface area contributed by atoms with E-state index >= 15 is 0 Å². The molecule has 0 radical (unpaired) electrons. The van der Waals surface area contributed by atoms with E-state index < -0.39 is 0 Å². The van der Waals surface area contributed by atoms with E-state index in [-0.39, 0.29) is 11.9 Å². The van der Waals surface area contributed by atoms with E-state index in [4.69, 9.17) is 16.3 Å². The molecule has 0 aliphatic rings. The van der Waals surface area contributed by atoms with Gasteiger partial charge in [-0.05, 0) is 19.9 Å². The Labute approximate surface area is 118 Å². The van der Waals surface area contributed by atoms with Gasteiger partial charge in [0.1, 0.15) is 5.82 Å². The van der Waals surface area contributed by atoms with Crippen molar-refractivity contribution in [2.24, 2.45) is 0 Å². The number of hydrogen-bond acceptors (Lipinski definition) is 4. The van der Waals surface area contributed by atoms with Crippen LogP contribution in [0.1, 0.15) is 24.2 Å². The highest BCUT2D eigenvalue weighted by Crippen LogP contribution is 2.20. The largest absolute Gasteiger partial charge is 0.383 e. The van der Waals surface area contributed by atoms with E-state index in [1.165, 1.54) is 6.20 Å². The quantitative estimate of drug-likeness (QED) is 0.871. The summed E-state index contributed by atoms with van der Waals surface area (Å²) in [4.78, 5) is 18.2. The first kappa shape index (κ1) is 15.7. The number of carbonyl (C=O) groups is 1. The van der Waals surface area contributed by atoms with Crippen molar-refractivity contribution in [2.75, 3.05) is 32.6 Å². The van der Waals surface area contributed by atoms with Gasteiger partial charge < -0.3 is 15.0 Å². The van der Waals surface area contributed by atoms with Gasteiger partial charge in [-0.2, -0.15) is 0 Å². The van der Waals surface area contributed by atoms with Crippen molar-refractivity contribution < 1.29 is 9.53 Å². The third-order valence-corrected chi connectivity index (χ3v) is 3.15. The van der Waals surface area contributed by atoms with Gasteiger partial charge >= 0.3 is 0 Å². The second kappa shape index (κ2) is 7.31. The maximum absolute atomic E-state index is 12.4. The average Bonchev–Trinajstić information content (AvgIpc) is 2.39. The first-order chi connectivity index (χ1) is 9.04. The van der Waals surface area contributed by atoms with E-state index in [1.54, 1.807) is 25.1 Å². The first-order valence-corrected chi connectivity index (χ1v) is 6.56. The summed E-state index contributed by atoms with van der Waals surface area (Å²) in [6.07, 6.45) is 1.53. The number of hydrogen-bond donors (Lipinski definition) is 1. The Morgan fingerprint density at radius 3 is 2.79 bits per heavy atom. The van der Waals surface area contributed by atoms with Crippen LogP contribution in [0, 0.1) is 0 Å². The molecule has 0 saturated heterocycles. The summed E-state index contributed by atoms with van der Waals surface area (Å²) in [5.41, 5.74) is 0.480. The van der Waals surface area contributed by atoms with Gasteiger partial charge in [0.25, 0.3) is 5.91 Å². The number of methoxy groups -OCH3 is 1. The molecule has 0 aliphatic heterocycles. The summed E-state index contributed by atoms with van der Waals surface area (Å²) in [6.45, 7) is 4.98. The molecule has 19 heavy (non-hydrogen) atoms. The molecule has 0 aromatic carbocycles. The van der Waals surface area contributed by atoms with Gasteiger partial charge in [-0.1, -0.05) is 11.6 Å². The third kappa shape index (κ3) is 3.81. The van der Waals surface area contributed by atoms with Crippen molar-refractivity contribution in [3.05, 3.63) is 22.8 Å². The second-order valence-electron chi connectivity index (χ2n) is 4.20. The number of amides is 1. The molecule has 1 aromatic rings. The van der Waals surface area contributed by atoms with Gasteiger partial charge in [-0.15, -0.1) is 0 Å². The van der Waals surface area contributed by atoms with Crippen molar-refractivity contribution in [3.63, 3.8) is 0 Å². The molecule has 6 heteroatoms. The van der Waals surface area contributed by atoms with E-state index in [0.717, 1.165) is 0 Å². The van der Waals surface area contributed by atoms with Crippen LogP contribution in [0.25, 0.3) is 0 Å². The molecule has 0 aliphatic carbocycles. The third-order valence-electron chi connectivity index (χ3n) is 2.87. The maximum atomic E-state index is 12.4. The Balaban J connectivity index is 2.94. The number of halogens is 1. The summed E-state index contributed by atoms with van der Waals surface area (Å²) in [5, 5.41) is 3.29. The van der Waals surface area contributed by atoms with Crippen LogP contribution in [0.5, 0.6) is 0 Å². The Kier molecular flexibility index (Phi) is 6.05. The van der Waals surface area contributed by atoms with E-state index in [1.807, 2.05) is 13.8 Å². The number of likely N-dealkylation sites (N-methyl/N-ethyl adjacent to an activating group) is 1. The first-order valence-electron chi connectivity index (χ1n) is 6.18.